The van der Waals surface area contributed by atoms with Gasteiger partial charge in [-0.15, -0.1) is 0 Å². The summed E-state index contributed by atoms with van der Waals surface area (Å²) in [5, 5.41) is 0. The van der Waals surface area contributed by atoms with Gasteiger partial charge in [0.05, 0.1) is 0 Å². The van der Waals surface area contributed by atoms with Gasteiger partial charge >= 0.3 is 0 Å². The van der Waals surface area contributed by atoms with E-state index in [4.69, 9.17) is 0 Å². The molecule has 1 atom stereocenters. The van der Waals surface area contributed by atoms with Crippen LogP contribution >= 0.6 is 0 Å². The van der Waals surface area contributed by atoms with Gasteiger partial charge in [0.2, 0.25) is 0 Å². The highest BCUT2D eigenvalue weighted by molar-refractivity contribution is 5.82. The van der Waals surface area contributed by atoms with Crippen molar-refractivity contribution in [1.82, 2.24) is 4.98 Å². The number of nitrogens with one attached hydrogen (secondary N) is 1. The van der Waals surface area contributed by atoms with Crippen molar-refractivity contribution in [3.05, 3.63) is 76.6 Å². The van der Waals surface area contributed by atoms with E-state index in [0.717, 1.165) is 41.7 Å². The number of nitrogens with two attached hydrogens (primary N) is 1. The molecule has 0 bridgehead atoms. The maximum Gasteiger partial charge on any atom is 0.151 e. The number of hydrogen-bond donors (Lipinski definition) is 2. The number of aldehydes is 1. The highest BCUT2D eigenvalue weighted by Crippen LogP contribution is 2.27. The average Bonchev–Trinajstić information content (AvgIpc) is 3.25. The van der Waals surface area contributed by atoms with Crippen LogP contribution < -0.4 is 5.73 Å². The van der Waals surface area contributed by atoms with E-state index in [1.54, 1.807) is 0 Å². The van der Waals surface area contributed by atoms with Crippen LogP contribution in [0.25, 0.3) is 5.57 Å². The lowest BCUT2D eigenvalue weighted by Crippen LogP contribution is -1.95. The van der Waals surface area contributed by atoms with Gasteiger partial charge < -0.3 is 10.7 Å². The highest BCUT2D eigenvalue weighted by Gasteiger charge is 2.11. The third-order valence-electron chi connectivity index (χ3n) is 4.83. The van der Waals surface area contributed by atoms with Crippen LogP contribution in [0, 0.1) is 6.92 Å². The summed E-state index contributed by atoms with van der Waals surface area (Å²) in [4.78, 5) is 14.8. The Labute approximate surface area is 198 Å². The summed E-state index contributed by atoms with van der Waals surface area (Å²) in [5.74, 6) is 0.301. The minimum atomic E-state index is 0.301. The van der Waals surface area contributed by atoms with Gasteiger partial charge in [0.1, 0.15) is 0 Å². The second kappa shape index (κ2) is 20.5. The van der Waals surface area contributed by atoms with E-state index >= 15 is 0 Å². The first-order valence-electron chi connectivity index (χ1n) is 12.2. The number of H-pyrrole nitrogens is 1. The molecule has 3 heteroatoms. The van der Waals surface area contributed by atoms with Crippen LogP contribution in [0.1, 0.15) is 107 Å². The molecule has 1 unspecified atom stereocenters. The number of unbranched alkanes of at least 4 members (excludes halogenated alkanes) is 1. The molecule has 0 fully saturated rings. The van der Waals surface area contributed by atoms with Crippen LogP contribution in [0.3, 0.4) is 0 Å². The molecule has 0 amide bonds. The number of aromatic amines is 1. The van der Waals surface area contributed by atoms with E-state index < -0.39 is 0 Å². The van der Waals surface area contributed by atoms with Gasteiger partial charge in [-0.3, -0.25) is 4.79 Å². The lowest BCUT2D eigenvalue weighted by Gasteiger charge is -2.12. The van der Waals surface area contributed by atoms with Crippen LogP contribution in [-0.2, 0) is 6.42 Å². The second-order valence-corrected chi connectivity index (χ2v) is 7.25. The second-order valence-electron chi connectivity index (χ2n) is 7.25. The molecule has 0 aliphatic rings. The maximum absolute atomic E-state index is 11.3. The molecule has 0 saturated carbocycles. The number of aromatic nitrogens is 1. The number of rotatable bonds is 8. The highest BCUT2D eigenvalue weighted by atomic mass is 16.1. The SMILES string of the molecule is C/C=C\C(=C/C(C)c1ccccc1C)c1cc(C=O)c(CCC)[nH]1.CC.CCCC.CN. The zero-order chi connectivity index (χ0) is 24.9. The van der Waals surface area contributed by atoms with Crippen LogP contribution in [0.15, 0.2) is 48.6 Å². The Morgan fingerprint density at radius 2 is 1.66 bits per heavy atom. The molecule has 0 spiro atoms. The molecule has 3 nitrogen and oxygen atoms in total. The molecule has 0 saturated heterocycles. The van der Waals surface area contributed by atoms with Gasteiger partial charge in [0.25, 0.3) is 0 Å². The molecule has 1 heterocycles. The Kier molecular flexibility index (Phi) is 20.4. The Balaban J connectivity index is 0. The number of allylic oxidation sites excluding steroid dienone is 4. The average molecular weight is 441 g/mol. The summed E-state index contributed by atoms with van der Waals surface area (Å²) in [6.07, 6.45) is 11.9. The van der Waals surface area contributed by atoms with Crippen molar-refractivity contribution in [2.75, 3.05) is 7.05 Å². The minimum absolute atomic E-state index is 0.301. The van der Waals surface area contributed by atoms with Gasteiger partial charge in [-0.1, -0.05) is 103 Å². The Hall–Kier alpha value is -2.39. The zero-order valence-electron chi connectivity index (χ0n) is 22.1. The van der Waals surface area contributed by atoms with E-state index in [0.29, 0.717) is 5.92 Å². The Morgan fingerprint density at radius 1 is 1.06 bits per heavy atom. The summed E-state index contributed by atoms with van der Waals surface area (Å²) >= 11 is 0. The first-order valence-corrected chi connectivity index (χ1v) is 12.2. The monoisotopic (exact) mass is 440 g/mol. The first-order chi connectivity index (χ1) is 15.5. The third-order valence-corrected chi connectivity index (χ3v) is 4.83. The van der Waals surface area contributed by atoms with Gasteiger partial charge in [-0.25, -0.2) is 0 Å². The Bertz CT molecular complexity index is 782. The molecule has 0 aliphatic heterocycles. The van der Waals surface area contributed by atoms with Crippen molar-refractivity contribution in [1.29, 1.82) is 0 Å². The van der Waals surface area contributed by atoms with Crippen molar-refractivity contribution in [3.63, 3.8) is 0 Å². The van der Waals surface area contributed by atoms with E-state index in [1.165, 1.54) is 31.0 Å². The molecule has 2 aromatic rings. The number of hydrogen-bond acceptors (Lipinski definition) is 2. The van der Waals surface area contributed by atoms with Crippen LogP contribution in [0.5, 0.6) is 0 Å². The van der Waals surface area contributed by atoms with Gasteiger partial charge in [-0.05, 0) is 50.1 Å². The first kappa shape index (κ1) is 31.8. The molecule has 3 N–H and O–H groups in total. The van der Waals surface area contributed by atoms with Crippen molar-refractivity contribution >= 4 is 11.9 Å². The fourth-order valence-electron chi connectivity index (χ4n) is 3.10. The maximum atomic E-state index is 11.3. The fourth-order valence-corrected chi connectivity index (χ4v) is 3.10. The summed E-state index contributed by atoms with van der Waals surface area (Å²) in [5.41, 5.74) is 11.1. The molecule has 1 aromatic heterocycles. The normalized spacial score (nSPS) is 11.4. The fraction of sp³-hybridized carbons (Fsp3) is 0.483. The molecule has 1 aromatic carbocycles. The lowest BCUT2D eigenvalue weighted by atomic mass is 9.93. The van der Waals surface area contributed by atoms with Crippen molar-refractivity contribution in [2.45, 2.75) is 87.0 Å². The Morgan fingerprint density at radius 3 is 2.12 bits per heavy atom. The van der Waals surface area contributed by atoms with Crippen molar-refractivity contribution in [2.24, 2.45) is 5.73 Å². The number of aryl methyl sites for hydroxylation is 2. The predicted octanol–water partition coefficient (Wildman–Crippen LogP) is 8.26. The van der Waals surface area contributed by atoms with Crippen LogP contribution in [0.4, 0.5) is 0 Å². The summed E-state index contributed by atoms with van der Waals surface area (Å²) in [7, 11) is 1.50. The van der Waals surface area contributed by atoms with Gasteiger partial charge in [0.15, 0.2) is 6.29 Å². The van der Waals surface area contributed by atoms with E-state index in [-0.39, 0.29) is 0 Å². The topological polar surface area (TPSA) is 58.9 Å². The lowest BCUT2D eigenvalue weighted by molar-refractivity contribution is 0.112. The minimum Gasteiger partial charge on any atom is -0.358 e. The third kappa shape index (κ3) is 11.3. The summed E-state index contributed by atoms with van der Waals surface area (Å²) in [6, 6.07) is 10.4. The van der Waals surface area contributed by atoms with Crippen molar-refractivity contribution < 1.29 is 4.79 Å². The molecule has 0 aliphatic carbocycles. The number of carbonyl (C=O) groups is 1. The number of benzene rings is 1. The van der Waals surface area contributed by atoms with E-state index in [1.807, 2.05) is 32.9 Å². The molecular weight excluding hydrogens is 392 g/mol. The van der Waals surface area contributed by atoms with E-state index in [2.05, 4.69) is 81.8 Å². The quantitative estimate of drug-likeness (QED) is 0.320. The molecule has 2 rings (SSSR count). The predicted molar refractivity (Wildman–Crippen MR) is 145 cm³/mol. The van der Waals surface area contributed by atoms with Crippen LogP contribution in [0.2, 0.25) is 0 Å². The standard InChI is InChI=1S/C22H27NO.C4H10.C2H6.CH5N/c1-5-9-18(13-17(4)20-12-8-7-11-16(20)3)22-14-19(15-24)21(23-22)10-6-2;1-3-4-2;2*1-2/h5,7-9,11-15,17,23H,6,10H2,1-4H3;3-4H2,1-2H3;1-2H3;2H2,1H3/b9-5-,18-13+;;;. The molecular formula is C29H48N2O. The molecule has 0 radical (unpaired) electrons. The van der Waals surface area contributed by atoms with Crippen molar-refractivity contribution in [3.8, 4) is 0 Å². The smallest absolute Gasteiger partial charge is 0.151 e. The number of carbonyl (C=O) groups excluding carboxylic acids is 1. The van der Waals surface area contributed by atoms with E-state index in [9.17, 15) is 4.79 Å². The molecule has 180 valence electrons. The van der Waals surface area contributed by atoms with Gasteiger partial charge in [-0.2, -0.15) is 0 Å². The largest absolute Gasteiger partial charge is 0.358 e. The zero-order valence-corrected chi connectivity index (χ0v) is 22.1. The van der Waals surface area contributed by atoms with Crippen LogP contribution in [-0.4, -0.2) is 18.3 Å². The summed E-state index contributed by atoms with van der Waals surface area (Å²) < 4.78 is 0. The molecule has 32 heavy (non-hydrogen) atoms. The summed E-state index contributed by atoms with van der Waals surface area (Å²) in [6.45, 7) is 16.9. The van der Waals surface area contributed by atoms with Gasteiger partial charge in [0, 0.05) is 22.9 Å².